The Hall–Kier alpha value is -3.47. The van der Waals surface area contributed by atoms with E-state index in [0.717, 1.165) is 24.8 Å². The molecule has 10 heteroatoms. The summed E-state index contributed by atoms with van der Waals surface area (Å²) < 4.78 is 27.0. The van der Waals surface area contributed by atoms with Crippen LogP contribution in [0, 0.1) is 5.82 Å². The van der Waals surface area contributed by atoms with Gasteiger partial charge >= 0.3 is 0 Å². The molecule has 0 unspecified atom stereocenters. The van der Waals surface area contributed by atoms with Gasteiger partial charge in [-0.3, -0.25) is 4.79 Å². The van der Waals surface area contributed by atoms with E-state index in [1.54, 1.807) is 25.6 Å². The van der Waals surface area contributed by atoms with Crippen molar-refractivity contribution >= 4 is 11.6 Å². The highest BCUT2D eigenvalue weighted by atomic mass is 19.1. The van der Waals surface area contributed by atoms with Crippen molar-refractivity contribution in [3.63, 3.8) is 0 Å². The van der Waals surface area contributed by atoms with E-state index in [0.29, 0.717) is 61.8 Å². The summed E-state index contributed by atoms with van der Waals surface area (Å²) in [5.74, 6) is -0.0621. The number of piperazine rings is 1. The minimum atomic E-state index is -1.04. The summed E-state index contributed by atoms with van der Waals surface area (Å²) in [6, 6.07) is 14.1. The van der Waals surface area contributed by atoms with Gasteiger partial charge in [0.15, 0.2) is 5.69 Å². The summed E-state index contributed by atoms with van der Waals surface area (Å²) in [5.41, 5.74) is 1.32. The molecule has 3 N–H and O–H groups in total. The average Bonchev–Trinajstić information content (AvgIpc) is 3.43. The zero-order chi connectivity index (χ0) is 28.8. The predicted molar refractivity (Wildman–Crippen MR) is 156 cm³/mol. The molecule has 5 rings (SSSR count). The molecule has 2 aliphatic rings. The van der Waals surface area contributed by atoms with Gasteiger partial charge in [0, 0.05) is 51.0 Å². The van der Waals surface area contributed by atoms with Crippen LogP contribution in [0.25, 0.3) is 11.3 Å². The number of rotatable bonds is 10. The normalized spacial score (nSPS) is 22.9. The smallest absolute Gasteiger partial charge is 0.275 e. The van der Waals surface area contributed by atoms with Crippen LogP contribution >= 0.6 is 0 Å². The number of amides is 1. The van der Waals surface area contributed by atoms with Crippen molar-refractivity contribution in [1.82, 2.24) is 19.8 Å². The molecule has 1 aromatic heterocycles. The number of carbonyl (C=O) groups excluding carboxylic acids is 1. The number of imidazole rings is 1. The van der Waals surface area contributed by atoms with Crippen molar-refractivity contribution in [2.24, 2.45) is 0 Å². The lowest BCUT2D eigenvalue weighted by atomic mass is 9.80. The zero-order valence-corrected chi connectivity index (χ0v) is 23.8. The highest BCUT2D eigenvalue weighted by Crippen LogP contribution is 2.41. The van der Waals surface area contributed by atoms with Crippen LogP contribution in [0.5, 0.6) is 5.75 Å². The third-order valence-electron chi connectivity index (χ3n) is 8.31. The van der Waals surface area contributed by atoms with E-state index in [-0.39, 0.29) is 30.4 Å². The van der Waals surface area contributed by atoms with Gasteiger partial charge in [0.2, 0.25) is 0 Å². The van der Waals surface area contributed by atoms with Gasteiger partial charge in [0.05, 0.1) is 37.5 Å². The molecule has 2 fully saturated rings. The topological polar surface area (TPSA) is 101 Å². The Morgan fingerprint density at radius 1 is 1.22 bits per heavy atom. The monoisotopic (exact) mass is 565 g/mol. The summed E-state index contributed by atoms with van der Waals surface area (Å²) in [5, 5.41) is 18.2. The zero-order valence-electron chi connectivity index (χ0n) is 23.8. The molecule has 0 bridgehead atoms. The van der Waals surface area contributed by atoms with Crippen LogP contribution in [0.1, 0.15) is 48.6 Å². The third kappa shape index (κ3) is 6.24. The molecule has 1 amide bonds. The van der Waals surface area contributed by atoms with Gasteiger partial charge in [-0.05, 0) is 31.4 Å². The molecule has 9 nitrogen and oxygen atoms in total. The first-order valence-corrected chi connectivity index (χ1v) is 14.4. The SMILES string of the molecule is COC[C@]1(O)CCCC[C@H]1n1cnc(C(=O)N2CCNC[C@H]2CCNc2ccc(OC)cc2F)c1-c1ccccc1. The summed E-state index contributed by atoms with van der Waals surface area (Å²) in [7, 11) is 3.11. The van der Waals surface area contributed by atoms with Gasteiger partial charge in [-0.15, -0.1) is 0 Å². The average molecular weight is 566 g/mol. The fourth-order valence-corrected chi connectivity index (χ4v) is 6.22. The Labute approximate surface area is 240 Å². The maximum atomic E-state index is 14.4. The molecule has 1 saturated heterocycles. The molecule has 0 radical (unpaired) electrons. The van der Waals surface area contributed by atoms with Crippen LogP contribution in [0.4, 0.5) is 10.1 Å². The number of anilines is 1. The Kier molecular flexibility index (Phi) is 9.22. The lowest BCUT2D eigenvalue weighted by Crippen LogP contribution is -2.54. The number of ether oxygens (including phenoxy) is 2. The molecule has 2 aromatic carbocycles. The van der Waals surface area contributed by atoms with E-state index < -0.39 is 5.60 Å². The second-order valence-electron chi connectivity index (χ2n) is 10.9. The van der Waals surface area contributed by atoms with Crippen LogP contribution in [0.15, 0.2) is 54.9 Å². The van der Waals surface area contributed by atoms with E-state index >= 15 is 0 Å². The fourth-order valence-electron chi connectivity index (χ4n) is 6.22. The Morgan fingerprint density at radius 3 is 2.80 bits per heavy atom. The molecule has 1 aliphatic heterocycles. The number of hydrogen-bond acceptors (Lipinski definition) is 7. The Morgan fingerprint density at radius 2 is 2.05 bits per heavy atom. The number of methoxy groups -OCH3 is 2. The van der Waals surface area contributed by atoms with Gasteiger partial charge in [0.25, 0.3) is 5.91 Å². The maximum absolute atomic E-state index is 14.4. The summed E-state index contributed by atoms with van der Waals surface area (Å²) >= 11 is 0. The van der Waals surface area contributed by atoms with E-state index in [9.17, 15) is 14.3 Å². The first-order valence-electron chi connectivity index (χ1n) is 14.4. The number of aromatic nitrogens is 2. The largest absolute Gasteiger partial charge is 0.497 e. The number of nitrogens with one attached hydrogen (secondary N) is 2. The van der Waals surface area contributed by atoms with Gasteiger partial charge < -0.3 is 34.7 Å². The minimum absolute atomic E-state index is 0.0982. The van der Waals surface area contributed by atoms with E-state index in [1.807, 2.05) is 39.8 Å². The first kappa shape index (κ1) is 29.0. The Balaban J connectivity index is 1.40. The fraction of sp³-hybridized carbons (Fsp3) is 0.484. The highest BCUT2D eigenvalue weighted by molar-refractivity contribution is 5.98. The van der Waals surface area contributed by atoms with E-state index in [1.165, 1.54) is 13.2 Å². The molecule has 1 saturated carbocycles. The van der Waals surface area contributed by atoms with Crippen LogP contribution < -0.4 is 15.4 Å². The third-order valence-corrected chi connectivity index (χ3v) is 8.31. The summed E-state index contributed by atoms with van der Waals surface area (Å²) in [4.78, 5) is 20.7. The lowest BCUT2D eigenvalue weighted by Gasteiger charge is -2.41. The van der Waals surface area contributed by atoms with Crippen molar-refractivity contribution in [3.05, 3.63) is 66.4 Å². The summed E-state index contributed by atoms with van der Waals surface area (Å²) in [6.07, 6.45) is 5.64. The van der Waals surface area contributed by atoms with Crippen molar-refractivity contribution in [2.45, 2.75) is 49.8 Å². The number of carbonyl (C=O) groups is 1. The van der Waals surface area contributed by atoms with Crippen molar-refractivity contribution in [3.8, 4) is 17.0 Å². The van der Waals surface area contributed by atoms with Crippen LogP contribution in [-0.2, 0) is 4.74 Å². The molecule has 0 spiro atoms. The predicted octanol–water partition coefficient (Wildman–Crippen LogP) is 4.11. The number of aliphatic hydroxyl groups is 1. The van der Waals surface area contributed by atoms with Crippen molar-refractivity contribution in [1.29, 1.82) is 0 Å². The molecule has 41 heavy (non-hydrogen) atoms. The Bertz CT molecular complexity index is 1320. The lowest BCUT2D eigenvalue weighted by molar-refractivity contribution is -0.0893. The van der Waals surface area contributed by atoms with Gasteiger partial charge in [-0.25, -0.2) is 9.37 Å². The summed E-state index contributed by atoms with van der Waals surface area (Å²) in [6.45, 7) is 2.56. The second-order valence-corrected chi connectivity index (χ2v) is 10.9. The molecule has 3 atom stereocenters. The van der Waals surface area contributed by atoms with Crippen LogP contribution in [-0.4, -0.2) is 84.1 Å². The van der Waals surface area contributed by atoms with Crippen LogP contribution in [0.2, 0.25) is 0 Å². The van der Waals surface area contributed by atoms with Crippen LogP contribution in [0.3, 0.4) is 0 Å². The number of nitrogens with zero attached hydrogens (tertiary/aromatic N) is 3. The molecule has 1 aliphatic carbocycles. The first-order chi connectivity index (χ1) is 19.9. The maximum Gasteiger partial charge on any atom is 0.275 e. The standard InChI is InChI=1S/C31H40FN5O4/c1-40-20-31(39)14-7-6-10-27(31)37-21-35-28(29(37)22-8-4-3-5-9-22)30(38)36-17-16-33-19-23(36)13-15-34-26-12-11-24(41-2)18-25(26)32/h3-5,8-9,11-12,18,21,23,27,33-34,39H,6-7,10,13-17,19-20H2,1-2H3/t23-,27-,31-/m1/s1. The van der Waals surface area contributed by atoms with Gasteiger partial charge in [-0.2, -0.15) is 0 Å². The van der Waals surface area contributed by atoms with E-state index in [2.05, 4.69) is 15.6 Å². The quantitative estimate of drug-likeness (QED) is 0.340. The second kappa shape index (κ2) is 13.0. The minimum Gasteiger partial charge on any atom is -0.497 e. The molecular formula is C31H40FN5O4. The molecular weight excluding hydrogens is 525 g/mol. The highest BCUT2D eigenvalue weighted by Gasteiger charge is 2.42. The van der Waals surface area contributed by atoms with Crippen molar-refractivity contribution < 1.29 is 23.8 Å². The number of hydrogen-bond donors (Lipinski definition) is 3. The van der Waals surface area contributed by atoms with Crippen molar-refractivity contribution in [2.75, 3.05) is 52.3 Å². The molecule has 2 heterocycles. The van der Waals surface area contributed by atoms with Gasteiger partial charge in [0.1, 0.15) is 17.2 Å². The molecule has 3 aromatic rings. The number of benzene rings is 2. The van der Waals surface area contributed by atoms with Gasteiger partial charge in [-0.1, -0.05) is 43.2 Å². The molecule has 220 valence electrons. The van der Waals surface area contributed by atoms with E-state index in [4.69, 9.17) is 9.47 Å². The number of halogens is 1.